The van der Waals surface area contributed by atoms with Crippen LogP contribution >= 0.6 is 22.9 Å². The molecule has 2 aromatic heterocycles. The number of nitrogens with one attached hydrogen (secondary N) is 1. The first-order valence-corrected chi connectivity index (χ1v) is 4.25. The quantitative estimate of drug-likeness (QED) is 0.718. The van der Waals surface area contributed by atoms with Gasteiger partial charge in [0.25, 0.3) is 0 Å². The lowest BCUT2D eigenvalue weighted by molar-refractivity contribution is 1.15. The molecule has 0 amide bonds. The highest BCUT2D eigenvalue weighted by Gasteiger charge is 2.05. The van der Waals surface area contributed by atoms with Gasteiger partial charge < -0.3 is 0 Å². The highest BCUT2D eigenvalue weighted by Crippen LogP contribution is 2.06. The molecule has 0 aliphatic carbocycles. The highest BCUT2D eigenvalue weighted by atomic mass is 127. The van der Waals surface area contributed by atoms with Crippen LogP contribution < -0.4 is 5.69 Å². The van der Waals surface area contributed by atoms with Gasteiger partial charge in [-0.2, -0.15) is 0 Å². The Labute approximate surface area is 81.3 Å². The summed E-state index contributed by atoms with van der Waals surface area (Å²) in [7, 11) is 0. The summed E-state index contributed by atoms with van der Waals surface area (Å²) in [4.78, 5) is 21.8. The number of hydrogen-bond donors (Lipinski definition) is 1. The topological polar surface area (TPSA) is 63.6 Å². The Bertz CT molecular complexity index is 486. The third-order valence-electron chi connectivity index (χ3n) is 1.46. The van der Waals surface area contributed by atoms with Crippen molar-refractivity contribution in [1.29, 1.82) is 0 Å². The first-order valence-electron chi connectivity index (χ1n) is 3.29. The molecule has 2 heterocycles. The van der Waals surface area contributed by atoms with Crippen molar-refractivity contribution in [2.24, 2.45) is 0 Å². The van der Waals surface area contributed by atoms with E-state index in [1.165, 1.54) is 2.78 Å². The lowest BCUT2D eigenvalue weighted by Crippen LogP contribution is -2.07. The number of rotatable bonds is 0. The number of aromatic amines is 1. The van der Waals surface area contributed by atoms with E-state index in [1.54, 1.807) is 6.20 Å². The van der Waals surface area contributed by atoms with Gasteiger partial charge in [0, 0.05) is 0 Å². The Morgan fingerprint density at radius 3 is 3.17 bits per heavy atom. The summed E-state index contributed by atoms with van der Waals surface area (Å²) in [5.74, 6) is 0. The van der Waals surface area contributed by atoms with E-state index in [2.05, 4.69) is 15.0 Å². The van der Waals surface area contributed by atoms with Gasteiger partial charge >= 0.3 is 5.69 Å². The van der Waals surface area contributed by atoms with Crippen molar-refractivity contribution in [3.63, 3.8) is 0 Å². The van der Waals surface area contributed by atoms with Crippen molar-refractivity contribution in [3.05, 3.63) is 22.4 Å². The Morgan fingerprint density at radius 1 is 1.67 bits per heavy atom. The van der Waals surface area contributed by atoms with Gasteiger partial charge in [-0.1, -0.05) is 0 Å². The Balaban J connectivity index is 2.98. The molecule has 5 nitrogen and oxygen atoms in total. The van der Waals surface area contributed by atoms with E-state index in [0.717, 1.165) is 5.69 Å². The Kier molecular flexibility index (Phi) is 1.63. The van der Waals surface area contributed by atoms with Crippen molar-refractivity contribution in [2.75, 3.05) is 0 Å². The molecule has 0 saturated carbocycles. The maximum absolute atomic E-state index is 11.1. The summed E-state index contributed by atoms with van der Waals surface area (Å²) in [6, 6.07) is 0. The summed E-state index contributed by atoms with van der Waals surface area (Å²) in [6.07, 6.45) is 1.62. The largest absolute Gasteiger partial charge is 0.337 e. The molecule has 0 aromatic carbocycles. The minimum Gasteiger partial charge on any atom is -0.288 e. The molecule has 0 atom stereocenters. The molecule has 6 heteroatoms. The summed E-state index contributed by atoms with van der Waals surface area (Å²) in [6.45, 7) is 1.83. The second kappa shape index (κ2) is 2.54. The second-order valence-electron chi connectivity index (χ2n) is 2.39. The number of H-pyrrole nitrogens is 1. The molecule has 2 rings (SSSR count). The summed E-state index contributed by atoms with van der Waals surface area (Å²) < 4.78 is 1.41. The second-order valence-corrected chi connectivity index (χ2v) is 3.36. The summed E-state index contributed by atoms with van der Waals surface area (Å²) >= 11 is 1.88. The van der Waals surface area contributed by atoms with Gasteiger partial charge in [-0.15, -0.1) is 0 Å². The van der Waals surface area contributed by atoms with Crippen molar-refractivity contribution >= 4 is 34.2 Å². The number of hydrogen-bond acceptors (Lipinski definition) is 3. The van der Waals surface area contributed by atoms with Crippen LogP contribution in [0.3, 0.4) is 0 Å². The number of imidazole rings is 1. The minimum atomic E-state index is -0.198. The maximum Gasteiger partial charge on any atom is 0.337 e. The van der Waals surface area contributed by atoms with Crippen LogP contribution in [0.1, 0.15) is 5.69 Å². The van der Waals surface area contributed by atoms with Gasteiger partial charge in [0.15, 0.2) is 11.3 Å². The van der Waals surface area contributed by atoms with Crippen LogP contribution in [0.5, 0.6) is 0 Å². The molecule has 0 bridgehead atoms. The van der Waals surface area contributed by atoms with Crippen LogP contribution in [0, 0.1) is 6.92 Å². The number of nitrogens with zero attached hydrogens (tertiary/aromatic N) is 3. The molecule has 0 unspecified atom stereocenters. The molecule has 2 aromatic rings. The van der Waals surface area contributed by atoms with Crippen LogP contribution in [0.4, 0.5) is 0 Å². The molecule has 62 valence electrons. The fourth-order valence-electron chi connectivity index (χ4n) is 0.936. The standard InChI is InChI=1S/C6H5IN4O/c1-3-2-8-4-5(9-3)11(7)6(12)10-4/h2H,1H3,(H,8,10,12). The zero-order valence-electron chi connectivity index (χ0n) is 6.21. The molecule has 0 spiro atoms. The third kappa shape index (κ3) is 1.02. The molecular weight excluding hydrogens is 271 g/mol. The normalized spacial score (nSPS) is 10.8. The molecule has 0 aliphatic heterocycles. The molecule has 1 N–H and O–H groups in total. The van der Waals surface area contributed by atoms with Gasteiger partial charge in [-0.05, 0) is 6.92 Å². The number of aryl methyl sites for hydroxylation is 1. The Hall–Kier alpha value is -0.920. The van der Waals surface area contributed by atoms with Crippen LogP contribution in [0.2, 0.25) is 0 Å². The lowest BCUT2D eigenvalue weighted by atomic mass is 10.5. The van der Waals surface area contributed by atoms with E-state index < -0.39 is 0 Å². The van der Waals surface area contributed by atoms with Crippen molar-refractivity contribution in [2.45, 2.75) is 6.92 Å². The summed E-state index contributed by atoms with van der Waals surface area (Å²) in [5, 5.41) is 0. The number of fused-ring (bicyclic) bond motifs is 1. The van der Waals surface area contributed by atoms with Crippen LogP contribution in [0.15, 0.2) is 11.0 Å². The van der Waals surface area contributed by atoms with Crippen molar-refractivity contribution in [1.82, 2.24) is 17.7 Å². The Morgan fingerprint density at radius 2 is 2.42 bits per heavy atom. The van der Waals surface area contributed by atoms with Gasteiger partial charge in [0.05, 0.1) is 34.8 Å². The molecule has 0 aliphatic rings. The van der Waals surface area contributed by atoms with Crippen LogP contribution in [-0.4, -0.2) is 17.7 Å². The predicted octanol–water partition coefficient (Wildman–Crippen LogP) is 0.626. The first kappa shape index (κ1) is 7.71. The van der Waals surface area contributed by atoms with E-state index in [1.807, 2.05) is 29.8 Å². The van der Waals surface area contributed by atoms with Gasteiger partial charge in [-0.25, -0.2) is 17.5 Å². The fourth-order valence-corrected chi connectivity index (χ4v) is 1.39. The maximum atomic E-state index is 11.1. The average Bonchev–Trinajstić information content (AvgIpc) is 2.31. The third-order valence-corrected chi connectivity index (χ3v) is 2.36. The molecule has 0 saturated heterocycles. The lowest BCUT2D eigenvalue weighted by Gasteiger charge is -1.91. The number of aromatic nitrogens is 4. The van der Waals surface area contributed by atoms with E-state index in [-0.39, 0.29) is 5.69 Å². The van der Waals surface area contributed by atoms with E-state index in [0.29, 0.717) is 11.3 Å². The van der Waals surface area contributed by atoms with Crippen LogP contribution in [0.25, 0.3) is 11.3 Å². The molecule has 0 radical (unpaired) electrons. The SMILES string of the molecule is Cc1cnc2[nH]c(=O)n(I)c2n1. The zero-order chi connectivity index (χ0) is 8.72. The average molecular weight is 276 g/mol. The van der Waals surface area contributed by atoms with E-state index >= 15 is 0 Å². The predicted molar refractivity (Wildman–Crippen MR) is 52.3 cm³/mol. The first-order chi connectivity index (χ1) is 5.68. The number of halogens is 1. The summed E-state index contributed by atoms with van der Waals surface area (Å²) in [5.41, 5.74) is 1.71. The minimum absolute atomic E-state index is 0.198. The van der Waals surface area contributed by atoms with Crippen molar-refractivity contribution < 1.29 is 0 Å². The highest BCUT2D eigenvalue weighted by molar-refractivity contribution is 14.1. The van der Waals surface area contributed by atoms with Gasteiger partial charge in [-0.3, -0.25) is 4.98 Å². The van der Waals surface area contributed by atoms with Gasteiger partial charge in [0.1, 0.15) is 0 Å². The molecular formula is C6H5IN4O. The fraction of sp³-hybridized carbons (Fsp3) is 0.167. The van der Waals surface area contributed by atoms with Gasteiger partial charge in [0.2, 0.25) is 0 Å². The smallest absolute Gasteiger partial charge is 0.288 e. The van der Waals surface area contributed by atoms with Crippen molar-refractivity contribution in [3.8, 4) is 0 Å². The monoisotopic (exact) mass is 276 g/mol. The van der Waals surface area contributed by atoms with E-state index in [4.69, 9.17) is 0 Å². The molecule has 12 heavy (non-hydrogen) atoms. The van der Waals surface area contributed by atoms with Crippen LogP contribution in [-0.2, 0) is 0 Å². The van der Waals surface area contributed by atoms with E-state index in [9.17, 15) is 4.79 Å². The zero-order valence-corrected chi connectivity index (χ0v) is 8.36. The molecule has 0 fully saturated rings.